The first-order chi connectivity index (χ1) is 9.08. The van der Waals surface area contributed by atoms with Gasteiger partial charge in [0.15, 0.2) is 0 Å². The molecule has 0 saturated carbocycles. The minimum atomic E-state index is -0.129. The summed E-state index contributed by atoms with van der Waals surface area (Å²) in [5.41, 5.74) is 2.27. The van der Waals surface area contributed by atoms with Gasteiger partial charge >= 0.3 is 0 Å². The van der Waals surface area contributed by atoms with Crippen molar-refractivity contribution in [2.45, 2.75) is 33.7 Å². The molecule has 0 aliphatic carbocycles. The van der Waals surface area contributed by atoms with Crippen molar-refractivity contribution in [2.24, 2.45) is 0 Å². The highest BCUT2D eigenvalue weighted by Crippen LogP contribution is 2.15. The van der Waals surface area contributed by atoms with E-state index in [1.54, 1.807) is 6.20 Å². The number of nitrogens with zero attached hydrogens (tertiary/aromatic N) is 1. The molecule has 5 heteroatoms. The van der Waals surface area contributed by atoms with Gasteiger partial charge < -0.3 is 15.4 Å². The van der Waals surface area contributed by atoms with Crippen LogP contribution in [0.15, 0.2) is 12.3 Å². The molecule has 19 heavy (non-hydrogen) atoms. The fourth-order valence-electron chi connectivity index (χ4n) is 1.72. The van der Waals surface area contributed by atoms with E-state index in [2.05, 4.69) is 15.6 Å². The second-order valence-corrected chi connectivity index (χ2v) is 4.44. The van der Waals surface area contributed by atoms with E-state index >= 15 is 0 Å². The molecule has 0 saturated heterocycles. The lowest BCUT2D eigenvalue weighted by Gasteiger charge is -2.16. The molecule has 1 atom stereocenters. The van der Waals surface area contributed by atoms with E-state index in [0.717, 1.165) is 17.9 Å². The van der Waals surface area contributed by atoms with Crippen molar-refractivity contribution < 1.29 is 9.53 Å². The fraction of sp³-hybridized carbons (Fsp3) is 0.571. The molecule has 1 aromatic heterocycles. The molecule has 0 aliphatic rings. The monoisotopic (exact) mass is 265 g/mol. The summed E-state index contributed by atoms with van der Waals surface area (Å²) in [4.78, 5) is 16.4. The molecule has 0 fully saturated rings. The zero-order chi connectivity index (χ0) is 14.3. The maximum Gasteiger partial charge on any atom is 0.255 e. The first-order valence-corrected chi connectivity index (χ1v) is 6.67. The highest BCUT2D eigenvalue weighted by atomic mass is 16.5. The van der Waals surface area contributed by atoms with Crippen LogP contribution in [0.25, 0.3) is 0 Å². The van der Waals surface area contributed by atoms with Gasteiger partial charge in [0.2, 0.25) is 0 Å². The summed E-state index contributed by atoms with van der Waals surface area (Å²) in [5.74, 6) is -0.129. The molecular weight excluding hydrogens is 242 g/mol. The maximum atomic E-state index is 12.2. The van der Waals surface area contributed by atoms with Crippen LogP contribution in [-0.2, 0) is 4.74 Å². The van der Waals surface area contributed by atoms with Crippen molar-refractivity contribution in [3.8, 4) is 0 Å². The maximum absolute atomic E-state index is 12.2. The topological polar surface area (TPSA) is 63.2 Å². The van der Waals surface area contributed by atoms with Gasteiger partial charge in [-0.15, -0.1) is 0 Å². The number of hydrogen-bond acceptors (Lipinski definition) is 4. The summed E-state index contributed by atoms with van der Waals surface area (Å²) >= 11 is 0. The summed E-state index contributed by atoms with van der Waals surface area (Å²) in [6.07, 6.45) is 1.61. The van der Waals surface area contributed by atoms with Crippen LogP contribution in [0.1, 0.15) is 36.8 Å². The average Bonchev–Trinajstić information content (AvgIpc) is 2.36. The highest BCUT2D eigenvalue weighted by molar-refractivity contribution is 5.99. The third kappa shape index (κ3) is 4.87. The zero-order valence-corrected chi connectivity index (χ0v) is 12.1. The standard InChI is InChI=1S/C14H23N3O2/c1-5-15-13-7-10(3)16-8-12(13)14(18)17-11(4)9-19-6-2/h7-8,11H,5-6,9H2,1-4H3,(H,15,16)(H,17,18). The third-order valence-electron chi connectivity index (χ3n) is 2.60. The number of anilines is 1. The lowest BCUT2D eigenvalue weighted by atomic mass is 10.2. The van der Waals surface area contributed by atoms with Crippen LogP contribution in [-0.4, -0.2) is 36.7 Å². The summed E-state index contributed by atoms with van der Waals surface area (Å²) in [6, 6.07) is 1.86. The quantitative estimate of drug-likeness (QED) is 0.791. The number of carbonyl (C=O) groups is 1. The van der Waals surface area contributed by atoms with Crippen molar-refractivity contribution in [3.05, 3.63) is 23.5 Å². The molecule has 106 valence electrons. The molecule has 0 aromatic carbocycles. The summed E-state index contributed by atoms with van der Waals surface area (Å²) in [7, 11) is 0. The van der Waals surface area contributed by atoms with Crippen molar-refractivity contribution in [1.82, 2.24) is 10.3 Å². The minimum Gasteiger partial charge on any atom is -0.385 e. The Hall–Kier alpha value is -1.62. The Labute approximate surface area is 114 Å². The largest absolute Gasteiger partial charge is 0.385 e. The molecule has 1 rings (SSSR count). The van der Waals surface area contributed by atoms with Crippen molar-refractivity contribution >= 4 is 11.6 Å². The molecular formula is C14H23N3O2. The Morgan fingerprint density at radius 3 is 2.84 bits per heavy atom. The second kappa shape index (κ2) is 7.74. The lowest BCUT2D eigenvalue weighted by molar-refractivity contribution is 0.0872. The molecule has 0 spiro atoms. The Kier molecular flexibility index (Phi) is 6.29. The van der Waals surface area contributed by atoms with Crippen molar-refractivity contribution in [3.63, 3.8) is 0 Å². The Morgan fingerprint density at radius 2 is 2.21 bits per heavy atom. The van der Waals surface area contributed by atoms with E-state index in [4.69, 9.17) is 4.74 Å². The second-order valence-electron chi connectivity index (χ2n) is 4.44. The van der Waals surface area contributed by atoms with Gasteiger partial charge in [0.1, 0.15) is 0 Å². The van der Waals surface area contributed by atoms with Gasteiger partial charge in [0, 0.05) is 31.1 Å². The Bertz CT molecular complexity index is 421. The molecule has 0 bridgehead atoms. The highest BCUT2D eigenvalue weighted by Gasteiger charge is 2.14. The van der Waals surface area contributed by atoms with Gasteiger partial charge in [-0.25, -0.2) is 0 Å². The van der Waals surface area contributed by atoms with Crippen LogP contribution < -0.4 is 10.6 Å². The van der Waals surface area contributed by atoms with Crippen LogP contribution in [0, 0.1) is 6.92 Å². The van der Waals surface area contributed by atoms with Gasteiger partial charge in [0.05, 0.1) is 17.9 Å². The van der Waals surface area contributed by atoms with Crippen LogP contribution >= 0.6 is 0 Å². The van der Waals surface area contributed by atoms with Gasteiger partial charge in [-0.2, -0.15) is 0 Å². The predicted molar refractivity (Wildman–Crippen MR) is 76.6 cm³/mol. The van der Waals surface area contributed by atoms with E-state index in [1.807, 2.05) is 33.8 Å². The minimum absolute atomic E-state index is 0.0248. The molecule has 5 nitrogen and oxygen atoms in total. The number of aromatic nitrogens is 1. The van der Waals surface area contributed by atoms with E-state index < -0.39 is 0 Å². The molecule has 0 aliphatic heterocycles. The number of ether oxygens (including phenoxy) is 1. The molecule has 1 aromatic rings. The number of aryl methyl sites for hydroxylation is 1. The van der Waals surface area contributed by atoms with Gasteiger partial charge in [0.25, 0.3) is 5.91 Å². The first-order valence-electron chi connectivity index (χ1n) is 6.67. The van der Waals surface area contributed by atoms with Crippen LogP contribution in [0.5, 0.6) is 0 Å². The first kappa shape index (κ1) is 15.4. The van der Waals surface area contributed by atoms with Crippen LogP contribution in [0.3, 0.4) is 0 Å². The summed E-state index contributed by atoms with van der Waals surface area (Å²) < 4.78 is 5.28. The van der Waals surface area contributed by atoms with Crippen LogP contribution in [0.4, 0.5) is 5.69 Å². The van der Waals surface area contributed by atoms with E-state index in [0.29, 0.717) is 18.8 Å². The van der Waals surface area contributed by atoms with Gasteiger partial charge in [-0.3, -0.25) is 9.78 Å². The zero-order valence-electron chi connectivity index (χ0n) is 12.1. The molecule has 0 radical (unpaired) electrons. The molecule has 1 heterocycles. The Balaban J connectivity index is 2.75. The number of hydrogen-bond donors (Lipinski definition) is 2. The van der Waals surface area contributed by atoms with E-state index in [-0.39, 0.29) is 11.9 Å². The fourth-order valence-corrected chi connectivity index (χ4v) is 1.72. The Morgan fingerprint density at radius 1 is 1.47 bits per heavy atom. The smallest absolute Gasteiger partial charge is 0.255 e. The average molecular weight is 265 g/mol. The SMILES string of the molecule is CCNc1cc(C)ncc1C(=O)NC(C)COCC. The van der Waals surface area contributed by atoms with Gasteiger partial charge in [-0.05, 0) is 33.8 Å². The normalized spacial score (nSPS) is 12.0. The predicted octanol–water partition coefficient (Wildman–Crippen LogP) is 1.98. The van der Waals surface area contributed by atoms with Crippen LogP contribution in [0.2, 0.25) is 0 Å². The van der Waals surface area contributed by atoms with Gasteiger partial charge in [-0.1, -0.05) is 0 Å². The third-order valence-corrected chi connectivity index (χ3v) is 2.60. The number of nitrogens with one attached hydrogen (secondary N) is 2. The number of amides is 1. The van der Waals surface area contributed by atoms with E-state index in [1.165, 1.54) is 0 Å². The number of rotatable bonds is 7. The summed E-state index contributed by atoms with van der Waals surface area (Å²) in [5, 5.41) is 6.09. The van der Waals surface area contributed by atoms with Crippen molar-refractivity contribution in [1.29, 1.82) is 0 Å². The summed E-state index contributed by atoms with van der Waals surface area (Å²) in [6.45, 7) is 9.67. The lowest BCUT2D eigenvalue weighted by Crippen LogP contribution is -2.36. The number of carbonyl (C=O) groups excluding carboxylic acids is 1. The molecule has 2 N–H and O–H groups in total. The van der Waals surface area contributed by atoms with E-state index in [9.17, 15) is 4.79 Å². The van der Waals surface area contributed by atoms with Crippen molar-refractivity contribution in [2.75, 3.05) is 25.1 Å². The number of pyridine rings is 1. The molecule has 1 unspecified atom stereocenters. The molecule has 1 amide bonds.